The van der Waals surface area contributed by atoms with Gasteiger partial charge >= 0.3 is 5.97 Å². The molecule has 0 spiro atoms. The summed E-state index contributed by atoms with van der Waals surface area (Å²) >= 11 is 0. The minimum absolute atomic E-state index is 0. The summed E-state index contributed by atoms with van der Waals surface area (Å²) in [6, 6.07) is 7.44. The summed E-state index contributed by atoms with van der Waals surface area (Å²) in [6.45, 7) is 4.56. The number of hydrogen-bond donors (Lipinski definition) is 2. The molecule has 0 atom stereocenters. The van der Waals surface area contributed by atoms with Crippen molar-refractivity contribution >= 4 is 35.9 Å². The summed E-state index contributed by atoms with van der Waals surface area (Å²) in [6.07, 6.45) is 4.87. The number of nitrogens with one attached hydrogen (secondary N) is 2. The van der Waals surface area contributed by atoms with Gasteiger partial charge in [-0.3, -0.25) is 4.99 Å². The minimum Gasteiger partial charge on any atom is -0.462 e. The van der Waals surface area contributed by atoms with Gasteiger partial charge in [-0.05, 0) is 49.3 Å². The predicted molar refractivity (Wildman–Crippen MR) is 119 cm³/mol. The molecule has 1 aromatic rings. The molecule has 27 heavy (non-hydrogen) atoms. The van der Waals surface area contributed by atoms with E-state index in [2.05, 4.69) is 15.6 Å². The van der Waals surface area contributed by atoms with Crippen LogP contribution in [0.3, 0.4) is 0 Å². The molecule has 0 radical (unpaired) electrons. The fourth-order valence-corrected chi connectivity index (χ4v) is 3.16. The Morgan fingerprint density at radius 3 is 2.44 bits per heavy atom. The number of guanidine groups is 1. The molecule has 0 aliphatic heterocycles. The van der Waals surface area contributed by atoms with E-state index < -0.39 is 0 Å². The van der Waals surface area contributed by atoms with E-state index in [9.17, 15) is 4.79 Å². The summed E-state index contributed by atoms with van der Waals surface area (Å²) in [7, 11) is 3.54. The summed E-state index contributed by atoms with van der Waals surface area (Å²) in [5.41, 5.74) is 2.00. The first kappa shape index (κ1) is 23.7. The van der Waals surface area contributed by atoms with Crippen molar-refractivity contribution in [1.82, 2.24) is 10.6 Å². The van der Waals surface area contributed by atoms with E-state index in [1.54, 1.807) is 33.2 Å². The van der Waals surface area contributed by atoms with Gasteiger partial charge in [0.25, 0.3) is 0 Å². The lowest BCUT2D eigenvalue weighted by atomic mass is 9.67. The fourth-order valence-electron chi connectivity index (χ4n) is 3.16. The zero-order chi connectivity index (χ0) is 18.8. The molecule has 0 amide bonds. The summed E-state index contributed by atoms with van der Waals surface area (Å²) < 4.78 is 10.2. The number of esters is 1. The number of ether oxygens (including phenoxy) is 2. The number of benzene rings is 1. The average Bonchev–Trinajstić information content (AvgIpc) is 2.63. The number of carbonyl (C=O) groups is 1. The van der Waals surface area contributed by atoms with E-state index in [1.807, 2.05) is 12.1 Å². The third-order valence-corrected chi connectivity index (χ3v) is 5.03. The second-order valence-corrected chi connectivity index (χ2v) is 6.79. The Kier molecular flexibility index (Phi) is 10.7. The zero-order valence-electron chi connectivity index (χ0n) is 16.5. The van der Waals surface area contributed by atoms with Crippen molar-refractivity contribution < 1.29 is 14.3 Å². The molecule has 6 nitrogen and oxygen atoms in total. The van der Waals surface area contributed by atoms with Gasteiger partial charge in [0.2, 0.25) is 0 Å². The second-order valence-electron chi connectivity index (χ2n) is 6.79. The lowest BCUT2D eigenvalue weighted by Crippen LogP contribution is -2.46. The van der Waals surface area contributed by atoms with Gasteiger partial charge in [0.1, 0.15) is 0 Å². The van der Waals surface area contributed by atoms with Crippen LogP contribution in [0.25, 0.3) is 0 Å². The monoisotopic (exact) mass is 489 g/mol. The number of hydrogen-bond acceptors (Lipinski definition) is 4. The maximum absolute atomic E-state index is 11.7. The molecule has 2 rings (SSSR count). The quantitative estimate of drug-likeness (QED) is 0.241. The van der Waals surface area contributed by atoms with Crippen molar-refractivity contribution in [2.45, 2.75) is 39.2 Å². The van der Waals surface area contributed by atoms with Gasteiger partial charge in [-0.2, -0.15) is 0 Å². The Bertz CT molecular complexity index is 601. The van der Waals surface area contributed by atoms with Crippen molar-refractivity contribution in [2.75, 3.05) is 33.9 Å². The van der Waals surface area contributed by atoms with E-state index in [4.69, 9.17) is 9.47 Å². The van der Waals surface area contributed by atoms with Gasteiger partial charge in [-0.1, -0.05) is 18.6 Å². The van der Waals surface area contributed by atoms with Crippen LogP contribution in [0.4, 0.5) is 0 Å². The number of nitrogens with zero attached hydrogens (tertiary/aromatic N) is 1. The Morgan fingerprint density at radius 2 is 1.93 bits per heavy atom. The van der Waals surface area contributed by atoms with E-state index in [0.29, 0.717) is 24.1 Å². The van der Waals surface area contributed by atoms with E-state index in [-0.39, 0.29) is 29.9 Å². The van der Waals surface area contributed by atoms with Crippen molar-refractivity contribution in [3.05, 3.63) is 35.4 Å². The van der Waals surface area contributed by atoms with Gasteiger partial charge in [0.05, 0.1) is 12.2 Å². The smallest absolute Gasteiger partial charge is 0.338 e. The third-order valence-electron chi connectivity index (χ3n) is 5.03. The lowest BCUT2D eigenvalue weighted by Gasteiger charge is -2.42. The van der Waals surface area contributed by atoms with E-state index >= 15 is 0 Å². The maximum Gasteiger partial charge on any atom is 0.338 e. The SMILES string of the molecule is CCOC(=O)c1ccc(CNC(=NC)NCC2(CCOC)CCC2)cc1.I. The fraction of sp³-hybridized carbons (Fsp3) is 0.600. The van der Waals surface area contributed by atoms with Crippen LogP contribution in [0.15, 0.2) is 29.3 Å². The molecule has 7 heteroatoms. The number of aliphatic imine (C=N–C) groups is 1. The molecule has 1 aliphatic carbocycles. The highest BCUT2D eigenvalue weighted by atomic mass is 127. The zero-order valence-corrected chi connectivity index (χ0v) is 18.9. The first-order valence-electron chi connectivity index (χ1n) is 9.32. The topological polar surface area (TPSA) is 72.0 Å². The third kappa shape index (κ3) is 7.29. The van der Waals surface area contributed by atoms with Gasteiger partial charge in [0, 0.05) is 33.9 Å². The van der Waals surface area contributed by atoms with Crippen LogP contribution in [0.2, 0.25) is 0 Å². The molecular formula is C20H32IN3O3. The van der Waals surface area contributed by atoms with E-state index in [0.717, 1.165) is 31.1 Å². The van der Waals surface area contributed by atoms with Crippen LogP contribution in [0.1, 0.15) is 48.5 Å². The number of carbonyl (C=O) groups excluding carboxylic acids is 1. The molecule has 0 aromatic heterocycles. The normalized spacial score (nSPS) is 15.3. The van der Waals surface area contributed by atoms with E-state index in [1.165, 1.54) is 19.3 Å². The van der Waals surface area contributed by atoms with Crippen LogP contribution in [0.5, 0.6) is 0 Å². The molecule has 0 saturated heterocycles. The standard InChI is InChI=1S/C20H31N3O3.HI/c1-4-26-18(24)17-8-6-16(7-9-17)14-22-19(21-2)23-15-20(10-5-11-20)12-13-25-3;/h6-9H,4-5,10-15H2,1-3H3,(H2,21,22,23);1H. The predicted octanol–water partition coefficient (Wildman–Crippen LogP) is 3.35. The molecule has 1 aliphatic rings. The molecule has 0 bridgehead atoms. The molecule has 1 aromatic carbocycles. The molecule has 2 N–H and O–H groups in total. The lowest BCUT2D eigenvalue weighted by molar-refractivity contribution is 0.0526. The number of halogens is 1. The highest BCUT2D eigenvalue weighted by Gasteiger charge is 2.36. The number of rotatable bonds is 9. The minimum atomic E-state index is -0.286. The van der Waals surface area contributed by atoms with Crippen molar-refractivity contribution in [2.24, 2.45) is 10.4 Å². The molecular weight excluding hydrogens is 457 g/mol. The van der Waals surface area contributed by atoms with Crippen LogP contribution in [-0.4, -0.2) is 45.8 Å². The van der Waals surface area contributed by atoms with Crippen LogP contribution < -0.4 is 10.6 Å². The van der Waals surface area contributed by atoms with Gasteiger partial charge in [0.15, 0.2) is 5.96 Å². The van der Waals surface area contributed by atoms with Crippen LogP contribution >= 0.6 is 24.0 Å². The second kappa shape index (κ2) is 12.2. The molecule has 1 fully saturated rings. The Morgan fingerprint density at radius 1 is 1.22 bits per heavy atom. The first-order chi connectivity index (χ1) is 12.6. The Balaban J connectivity index is 0.00000364. The maximum atomic E-state index is 11.7. The Hall–Kier alpha value is -1.35. The van der Waals surface area contributed by atoms with Gasteiger partial charge in [-0.25, -0.2) is 4.79 Å². The molecule has 0 unspecified atom stereocenters. The first-order valence-corrected chi connectivity index (χ1v) is 9.32. The van der Waals surface area contributed by atoms with Gasteiger partial charge < -0.3 is 20.1 Å². The van der Waals surface area contributed by atoms with Crippen LogP contribution in [-0.2, 0) is 16.0 Å². The average molecular weight is 489 g/mol. The van der Waals surface area contributed by atoms with Crippen molar-refractivity contribution in [1.29, 1.82) is 0 Å². The highest BCUT2D eigenvalue weighted by Crippen LogP contribution is 2.43. The van der Waals surface area contributed by atoms with Crippen molar-refractivity contribution in [3.63, 3.8) is 0 Å². The summed E-state index contributed by atoms with van der Waals surface area (Å²) in [4.78, 5) is 16.0. The largest absolute Gasteiger partial charge is 0.462 e. The summed E-state index contributed by atoms with van der Waals surface area (Å²) in [5.74, 6) is 0.509. The highest BCUT2D eigenvalue weighted by molar-refractivity contribution is 14.0. The number of methoxy groups -OCH3 is 1. The summed E-state index contributed by atoms with van der Waals surface area (Å²) in [5, 5.41) is 6.77. The molecule has 1 saturated carbocycles. The molecule has 152 valence electrons. The van der Waals surface area contributed by atoms with Crippen molar-refractivity contribution in [3.8, 4) is 0 Å². The van der Waals surface area contributed by atoms with Gasteiger partial charge in [-0.15, -0.1) is 24.0 Å². The molecule has 0 heterocycles. The van der Waals surface area contributed by atoms with Crippen LogP contribution in [0, 0.1) is 5.41 Å². The Labute approximate surface area is 179 Å².